The van der Waals surface area contributed by atoms with Crippen LogP contribution in [0.3, 0.4) is 0 Å². The summed E-state index contributed by atoms with van der Waals surface area (Å²) in [4.78, 5) is 22.2. The summed E-state index contributed by atoms with van der Waals surface area (Å²) in [6, 6.07) is 13.4. The molecule has 134 valence electrons. The summed E-state index contributed by atoms with van der Waals surface area (Å²) in [5, 5.41) is 19.1. The molecule has 0 amide bonds. The number of fused-ring (bicyclic) bond motifs is 1. The predicted octanol–water partition coefficient (Wildman–Crippen LogP) is 3.91. The fraction of sp³-hybridized carbons (Fsp3) is 0.238. The fourth-order valence-electron chi connectivity index (χ4n) is 3.14. The van der Waals surface area contributed by atoms with Gasteiger partial charge in [-0.1, -0.05) is 29.8 Å². The number of nitrogens with zero attached hydrogens (tertiary/aromatic N) is 1. The van der Waals surface area contributed by atoms with Gasteiger partial charge in [-0.05, 0) is 49.1 Å². The van der Waals surface area contributed by atoms with Crippen LogP contribution >= 0.6 is 0 Å². The highest BCUT2D eigenvalue weighted by Gasteiger charge is 2.13. The normalized spacial score (nSPS) is 11.0. The number of carboxylic acid groups (broad SMARTS) is 2. The van der Waals surface area contributed by atoms with E-state index in [4.69, 9.17) is 5.11 Å². The summed E-state index contributed by atoms with van der Waals surface area (Å²) in [6.07, 6.45) is 3.59. The van der Waals surface area contributed by atoms with Crippen LogP contribution in [0.2, 0.25) is 0 Å². The van der Waals surface area contributed by atoms with E-state index in [1.807, 2.05) is 17.7 Å². The molecule has 26 heavy (non-hydrogen) atoms. The molecule has 1 aromatic heterocycles. The van der Waals surface area contributed by atoms with Crippen molar-refractivity contribution in [1.82, 2.24) is 4.57 Å². The highest BCUT2D eigenvalue weighted by Crippen LogP contribution is 2.25. The van der Waals surface area contributed by atoms with Crippen LogP contribution in [-0.2, 0) is 24.2 Å². The molecule has 0 spiro atoms. The van der Waals surface area contributed by atoms with Crippen LogP contribution in [-0.4, -0.2) is 26.7 Å². The molecule has 5 nitrogen and oxygen atoms in total. The number of aromatic nitrogens is 1. The van der Waals surface area contributed by atoms with Gasteiger partial charge < -0.3 is 14.8 Å². The third-order valence-corrected chi connectivity index (χ3v) is 4.58. The summed E-state index contributed by atoms with van der Waals surface area (Å²) < 4.78 is 1.90. The molecule has 2 N–H and O–H groups in total. The van der Waals surface area contributed by atoms with E-state index in [1.54, 1.807) is 18.2 Å². The maximum absolute atomic E-state index is 11.3. The molecule has 2 aromatic carbocycles. The SMILES string of the molecule is Cc1ccc(CCc2cn(CCC(=O)O)c3ccc(C(=O)O)cc23)cc1. The molecule has 0 saturated heterocycles. The van der Waals surface area contributed by atoms with Crippen LogP contribution in [0.1, 0.15) is 33.5 Å². The van der Waals surface area contributed by atoms with Gasteiger partial charge in [-0.25, -0.2) is 4.79 Å². The number of carboxylic acids is 2. The van der Waals surface area contributed by atoms with Crippen LogP contribution in [0.5, 0.6) is 0 Å². The smallest absolute Gasteiger partial charge is 0.335 e. The van der Waals surface area contributed by atoms with Gasteiger partial charge in [-0.2, -0.15) is 0 Å². The summed E-state index contributed by atoms with van der Waals surface area (Å²) in [6.45, 7) is 2.41. The Kier molecular flexibility index (Phi) is 5.07. The molecule has 5 heteroatoms. The van der Waals surface area contributed by atoms with Crippen molar-refractivity contribution >= 4 is 22.8 Å². The van der Waals surface area contributed by atoms with Crippen LogP contribution in [0.4, 0.5) is 0 Å². The standard InChI is InChI=1S/C21H21NO4/c1-14-2-4-15(5-3-14)6-7-17-13-22(11-10-20(23)24)19-9-8-16(21(25)26)12-18(17)19/h2-5,8-9,12-13H,6-7,10-11H2,1H3,(H,23,24)(H,25,26). The number of aryl methyl sites for hydroxylation is 4. The summed E-state index contributed by atoms with van der Waals surface area (Å²) in [7, 11) is 0. The zero-order chi connectivity index (χ0) is 18.7. The maximum atomic E-state index is 11.3. The van der Waals surface area contributed by atoms with Gasteiger partial charge in [0.25, 0.3) is 0 Å². The minimum absolute atomic E-state index is 0.0296. The van der Waals surface area contributed by atoms with Crippen molar-refractivity contribution in [1.29, 1.82) is 0 Å². The van der Waals surface area contributed by atoms with Crippen molar-refractivity contribution in [2.45, 2.75) is 32.7 Å². The third kappa shape index (κ3) is 3.94. The number of aromatic carboxylic acids is 1. The third-order valence-electron chi connectivity index (χ3n) is 4.58. The molecular weight excluding hydrogens is 330 g/mol. The molecular formula is C21H21NO4. The van der Waals surface area contributed by atoms with E-state index in [9.17, 15) is 14.7 Å². The summed E-state index contributed by atoms with van der Waals surface area (Å²) >= 11 is 0. The second-order valence-electron chi connectivity index (χ2n) is 6.51. The highest BCUT2D eigenvalue weighted by atomic mass is 16.4. The molecule has 0 aliphatic rings. The molecule has 0 aliphatic carbocycles. The molecule has 0 aliphatic heterocycles. The molecule has 0 radical (unpaired) electrons. The molecule has 1 heterocycles. The zero-order valence-electron chi connectivity index (χ0n) is 14.6. The monoisotopic (exact) mass is 351 g/mol. The Balaban J connectivity index is 1.93. The van der Waals surface area contributed by atoms with E-state index < -0.39 is 11.9 Å². The van der Waals surface area contributed by atoms with Crippen molar-refractivity contribution in [2.24, 2.45) is 0 Å². The molecule has 0 atom stereocenters. The van der Waals surface area contributed by atoms with Crippen LogP contribution in [0.15, 0.2) is 48.7 Å². The molecule has 0 saturated carbocycles. The van der Waals surface area contributed by atoms with Gasteiger partial charge in [-0.3, -0.25) is 4.79 Å². The molecule has 0 unspecified atom stereocenters. The lowest BCUT2D eigenvalue weighted by Gasteiger charge is -2.03. The lowest BCUT2D eigenvalue weighted by atomic mass is 10.0. The van der Waals surface area contributed by atoms with Crippen LogP contribution in [0, 0.1) is 6.92 Å². The first kappa shape index (κ1) is 17.7. The fourth-order valence-corrected chi connectivity index (χ4v) is 3.14. The van der Waals surface area contributed by atoms with Gasteiger partial charge in [0, 0.05) is 23.6 Å². The highest BCUT2D eigenvalue weighted by molar-refractivity contribution is 5.95. The number of benzene rings is 2. The molecule has 3 rings (SSSR count). The van der Waals surface area contributed by atoms with E-state index in [-0.39, 0.29) is 12.0 Å². The van der Waals surface area contributed by atoms with E-state index in [1.165, 1.54) is 11.1 Å². The lowest BCUT2D eigenvalue weighted by Crippen LogP contribution is -2.03. The number of hydrogen-bond donors (Lipinski definition) is 2. The number of aliphatic carboxylic acids is 1. The minimum atomic E-state index is -0.963. The van der Waals surface area contributed by atoms with E-state index in [0.717, 1.165) is 29.3 Å². The average Bonchev–Trinajstić information content (AvgIpc) is 2.96. The minimum Gasteiger partial charge on any atom is -0.481 e. The van der Waals surface area contributed by atoms with E-state index in [2.05, 4.69) is 24.3 Å². The van der Waals surface area contributed by atoms with Crippen LogP contribution < -0.4 is 0 Å². The van der Waals surface area contributed by atoms with Gasteiger partial charge in [0.15, 0.2) is 0 Å². The average molecular weight is 351 g/mol. The predicted molar refractivity (Wildman–Crippen MR) is 99.7 cm³/mol. The Morgan fingerprint density at radius 1 is 1.00 bits per heavy atom. The second kappa shape index (κ2) is 7.44. The quantitative estimate of drug-likeness (QED) is 0.676. The topological polar surface area (TPSA) is 79.5 Å². The lowest BCUT2D eigenvalue weighted by molar-refractivity contribution is -0.137. The van der Waals surface area contributed by atoms with E-state index >= 15 is 0 Å². The first-order chi connectivity index (χ1) is 12.4. The number of rotatable bonds is 7. The first-order valence-electron chi connectivity index (χ1n) is 8.56. The van der Waals surface area contributed by atoms with Crippen molar-refractivity contribution in [2.75, 3.05) is 0 Å². The number of hydrogen-bond acceptors (Lipinski definition) is 2. The van der Waals surface area contributed by atoms with Crippen molar-refractivity contribution in [3.63, 3.8) is 0 Å². The van der Waals surface area contributed by atoms with Gasteiger partial charge in [0.2, 0.25) is 0 Å². The van der Waals surface area contributed by atoms with Crippen LogP contribution in [0.25, 0.3) is 10.9 Å². The maximum Gasteiger partial charge on any atom is 0.335 e. The van der Waals surface area contributed by atoms with Gasteiger partial charge in [0.05, 0.1) is 12.0 Å². The van der Waals surface area contributed by atoms with Gasteiger partial charge >= 0.3 is 11.9 Å². The van der Waals surface area contributed by atoms with Crippen molar-refractivity contribution in [3.05, 3.63) is 70.9 Å². The molecule has 0 fully saturated rings. The Morgan fingerprint density at radius 2 is 1.73 bits per heavy atom. The zero-order valence-corrected chi connectivity index (χ0v) is 14.6. The Labute approximate surface area is 151 Å². The van der Waals surface area contributed by atoms with Crippen molar-refractivity contribution < 1.29 is 19.8 Å². The first-order valence-corrected chi connectivity index (χ1v) is 8.56. The molecule has 0 bridgehead atoms. The largest absolute Gasteiger partial charge is 0.481 e. The summed E-state index contributed by atoms with van der Waals surface area (Å²) in [5.74, 6) is -1.81. The van der Waals surface area contributed by atoms with Gasteiger partial charge in [0.1, 0.15) is 0 Å². The Bertz CT molecular complexity index is 954. The van der Waals surface area contributed by atoms with E-state index in [0.29, 0.717) is 6.54 Å². The molecule has 3 aromatic rings. The number of carbonyl (C=O) groups is 2. The van der Waals surface area contributed by atoms with Crippen molar-refractivity contribution in [3.8, 4) is 0 Å². The van der Waals surface area contributed by atoms with Gasteiger partial charge in [-0.15, -0.1) is 0 Å². The Morgan fingerprint density at radius 3 is 2.38 bits per heavy atom. The second-order valence-corrected chi connectivity index (χ2v) is 6.51. The Hall–Kier alpha value is -3.08. The summed E-state index contributed by atoms with van der Waals surface area (Å²) in [5.41, 5.74) is 4.58.